The third-order valence-corrected chi connectivity index (χ3v) is 3.18. The smallest absolute Gasteiger partial charge is 0.311 e. The van der Waals surface area contributed by atoms with Gasteiger partial charge in [-0.25, -0.2) is 0 Å². The zero-order chi connectivity index (χ0) is 18.8. The summed E-state index contributed by atoms with van der Waals surface area (Å²) in [5, 5.41) is 9.97. The van der Waals surface area contributed by atoms with Crippen LogP contribution in [0.15, 0.2) is 24.3 Å². The van der Waals surface area contributed by atoms with E-state index in [1.807, 2.05) is 6.92 Å². The van der Waals surface area contributed by atoms with Crippen LogP contribution in [-0.4, -0.2) is 38.9 Å². The van der Waals surface area contributed by atoms with Crippen molar-refractivity contribution in [1.82, 2.24) is 0 Å². The average molecular weight is 354 g/mol. The van der Waals surface area contributed by atoms with Crippen LogP contribution in [0.5, 0.6) is 17.2 Å². The summed E-state index contributed by atoms with van der Waals surface area (Å²) < 4.78 is 26.2. The minimum Gasteiger partial charge on any atom is -0.463 e. The van der Waals surface area contributed by atoms with Gasteiger partial charge in [-0.3, -0.25) is 4.79 Å². The fourth-order valence-corrected chi connectivity index (χ4v) is 1.97. The molecule has 0 aromatic heterocycles. The molecule has 0 aliphatic rings. The highest BCUT2D eigenvalue weighted by atomic mass is 16.7. The standard InChI is InChI=1S/C18H26O7/c1-12(2)6-9-16(20)25-18-15(23-10-21-4)8-7-14(13(3)19)17(18)24-11-22-5/h7-8,13,19H,1,6,9-11H2,2-5H3. The molecule has 0 spiro atoms. The number of benzene rings is 1. The molecular weight excluding hydrogens is 328 g/mol. The Morgan fingerprint density at radius 3 is 2.32 bits per heavy atom. The molecule has 1 rings (SSSR count). The van der Waals surface area contributed by atoms with E-state index in [1.165, 1.54) is 14.2 Å². The average Bonchev–Trinajstić information content (AvgIpc) is 2.57. The summed E-state index contributed by atoms with van der Waals surface area (Å²) >= 11 is 0. The van der Waals surface area contributed by atoms with E-state index >= 15 is 0 Å². The zero-order valence-electron chi connectivity index (χ0n) is 15.2. The number of carbonyl (C=O) groups is 1. The molecular formula is C18H26O7. The largest absolute Gasteiger partial charge is 0.463 e. The molecule has 140 valence electrons. The number of rotatable bonds is 11. The Morgan fingerprint density at radius 1 is 1.12 bits per heavy atom. The van der Waals surface area contributed by atoms with Crippen molar-refractivity contribution in [2.45, 2.75) is 32.8 Å². The fourth-order valence-electron chi connectivity index (χ4n) is 1.97. The molecule has 0 heterocycles. The number of aliphatic hydroxyl groups is 1. The first kappa shape index (κ1) is 21.0. The predicted octanol–water partition coefficient (Wildman–Crippen LogP) is 2.97. The van der Waals surface area contributed by atoms with Crippen molar-refractivity contribution in [2.24, 2.45) is 0 Å². The second kappa shape index (κ2) is 10.7. The number of hydrogen-bond acceptors (Lipinski definition) is 7. The summed E-state index contributed by atoms with van der Waals surface area (Å²) in [7, 11) is 2.94. The highest BCUT2D eigenvalue weighted by molar-refractivity contribution is 5.75. The van der Waals surface area contributed by atoms with Gasteiger partial charge in [-0.05, 0) is 32.4 Å². The first-order valence-electron chi connectivity index (χ1n) is 7.84. The van der Waals surface area contributed by atoms with Crippen molar-refractivity contribution in [1.29, 1.82) is 0 Å². The fraction of sp³-hybridized carbons (Fsp3) is 0.500. The van der Waals surface area contributed by atoms with E-state index in [4.69, 9.17) is 23.7 Å². The summed E-state index contributed by atoms with van der Waals surface area (Å²) in [4.78, 5) is 12.2. The first-order chi connectivity index (χ1) is 11.9. The van der Waals surface area contributed by atoms with Crippen LogP contribution < -0.4 is 14.2 Å². The highest BCUT2D eigenvalue weighted by Gasteiger charge is 2.23. The molecule has 0 aliphatic heterocycles. The Kier molecular flexibility index (Phi) is 8.98. The number of allylic oxidation sites excluding steroid dienone is 1. The van der Waals surface area contributed by atoms with Crippen molar-refractivity contribution in [3.05, 3.63) is 29.8 Å². The Bertz CT molecular complexity index is 581. The van der Waals surface area contributed by atoms with E-state index in [0.29, 0.717) is 12.0 Å². The summed E-state index contributed by atoms with van der Waals surface area (Å²) in [5.41, 5.74) is 1.32. The molecule has 7 heteroatoms. The van der Waals surface area contributed by atoms with Gasteiger partial charge in [0.15, 0.2) is 25.1 Å². The Hall–Kier alpha value is -2.09. The Balaban J connectivity index is 3.21. The molecule has 1 aromatic carbocycles. The predicted molar refractivity (Wildman–Crippen MR) is 91.8 cm³/mol. The van der Waals surface area contributed by atoms with Gasteiger partial charge in [-0.2, -0.15) is 0 Å². The zero-order valence-corrected chi connectivity index (χ0v) is 15.2. The Morgan fingerprint density at radius 2 is 1.76 bits per heavy atom. The minimum absolute atomic E-state index is 0.0337. The van der Waals surface area contributed by atoms with Crippen LogP contribution in [0.2, 0.25) is 0 Å². The lowest BCUT2D eigenvalue weighted by Gasteiger charge is -2.19. The molecule has 0 aliphatic carbocycles. The number of ether oxygens (including phenoxy) is 5. The molecule has 1 N–H and O–H groups in total. The molecule has 1 unspecified atom stereocenters. The first-order valence-corrected chi connectivity index (χ1v) is 7.84. The van der Waals surface area contributed by atoms with Crippen LogP contribution in [0.4, 0.5) is 0 Å². The third kappa shape index (κ3) is 6.74. The molecule has 1 atom stereocenters. The molecule has 0 amide bonds. The van der Waals surface area contributed by atoms with E-state index in [1.54, 1.807) is 19.1 Å². The minimum atomic E-state index is -0.837. The number of aliphatic hydroxyl groups excluding tert-OH is 1. The van der Waals surface area contributed by atoms with Gasteiger partial charge >= 0.3 is 5.97 Å². The quantitative estimate of drug-likeness (QED) is 0.283. The molecule has 0 saturated carbocycles. The van der Waals surface area contributed by atoms with E-state index in [9.17, 15) is 9.90 Å². The molecule has 0 fully saturated rings. The van der Waals surface area contributed by atoms with Gasteiger partial charge in [0.25, 0.3) is 0 Å². The number of esters is 1. The van der Waals surface area contributed by atoms with Crippen molar-refractivity contribution < 1.29 is 33.6 Å². The van der Waals surface area contributed by atoms with Crippen LogP contribution in [-0.2, 0) is 14.3 Å². The van der Waals surface area contributed by atoms with Gasteiger partial charge in [-0.15, -0.1) is 6.58 Å². The van der Waals surface area contributed by atoms with E-state index in [0.717, 1.165) is 5.57 Å². The monoisotopic (exact) mass is 354 g/mol. The second-order valence-electron chi connectivity index (χ2n) is 5.52. The van der Waals surface area contributed by atoms with Gasteiger partial charge in [0.05, 0.1) is 6.10 Å². The lowest BCUT2D eigenvalue weighted by atomic mass is 10.1. The van der Waals surface area contributed by atoms with Crippen molar-refractivity contribution in [3.8, 4) is 17.2 Å². The van der Waals surface area contributed by atoms with Gasteiger partial charge < -0.3 is 28.8 Å². The third-order valence-electron chi connectivity index (χ3n) is 3.18. The number of methoxy groups -OCH3 is 2. The van der Waals surface area contributed by atoms with Crippen LogP contribution in [0.3, 0.4) is 0 Å². The van der Waals surface area contributed by atoms with Crippen molar-refractivity contribution >= 4 is 5.97 Å². The molecule has 25 heavy (non-hydrogen) atoms. The summed E-state index contributed by atoms with van der Waals surface area (Å²) in [6.45, 7) is 7.07. The molecule has 0 saturated heterocycles. The van der Waals surface area contributed by atoms with Gasteiger partial charge in [-0.1, -0.05) is 5.57 Å². The highest BCUT2D eigenvalue weighted by Crippen LogP contribution is 2.43. The van der Waals surface area contributed by atoms with E-state index in [2.05, 4.69) is 6.58 Å². The SMILES string of the molecule is C=C(C)CCC(=O)Oc1c(OCOC)ccc(C(C)O)c1OCOC. The summed E-state index contributed by atoms with van der Waals surface area (Å²) in [5.74, 6) is 0.0737. The van der Waals surface area contributed by atoms with Crippen LogP contribution in [0.1, 0.15) is 38.4 Å². The van der Waals surface area contributed by atoms with Gasteiger partial charge in [0.2, 0.25) is 5.75 Å². The maximum Gasteiger partial charge on any atom is 0.311 e. The molecule has 0 bridgehead atoms. The van der Waals surface area contributed by atoms with Crippen LogP contribution >= 0.6 is 0 Å². The van der Waals surface area contributed by atoms with Crippen LogP contribution in [0.25, 0.3) is 0 Å². The van der Waals surface area contributed by atoms with Gasteiger partial charge in [0, 0.05) is 26.2 Å². The van der Waals surface area contributed by atoms with E-state index < -0.39 is 12.1 Å². The van der Waals surface area contributed by atoms with Crippen molar-refractivity contribution in [2.75, 3.05) is 27.8 Å². The van der Waals surface area contributed by atoms with Crippen LogP contribution in [0, 0.1) is 0 Å². The topological polar surface area (TPSA) is 83.5 Å². The Labute approximate surface area is 148 Å². The molecule has 0 radical (unpaired) electrons. The lowest BCUT2D eigenvalue weighted by Crippen LogP contribution is -2.13. The van der Waals surface area contributed by atoms with Gasteiger partial charge in [0.1, 0.15) is 0 Å². The number of carbonyl (C=O) groups excluding carboxylic acids is 1. The number of hydrogen-bond donors (Lipinski definition) is 1. The summed E-state index contributed by atoms with van der Waals surface area (Å²) in [6, 6.07) is 3.22. The maximum absolute atomic E-state index is 12.2. The second-order valence-corrected chi connectivity index (χ2v) is 5.52. The summed E-state index contributed by atoms with van der Waals surface area (Å²) in [6.07, 6.45) is -0.157. The lowest BCUT2D eigenvalue weighted by molar-refractivity contribution is -0.134. The molecule has 7 nitrogen and oxygen atoms in total. The normalized spacial score (nSPS) is 11.7. The van der Waals surface area contributed by atoms with Crippen molar-refractivity contribution in [3.63, 3.8) is 0 Å². The van der Waals surface area contributed by atoms with E-state index in [-0.39, 0.29) is 37.3 Å². The maximum atomic E-state index is 12.2. The molecule has 1 aromatic rings.